The van der Waals surface area contributed by atoms with E-state index in [1.54, 1.807) is 18.4 Å². The van der Waals surface area contributed by atoms with E-state index in [9.17, 15) is 0 Å². The Morgan fingerprint density at radius 2 is 2.06 bits per heavy atom. The molecule has 0 aliphatic heterocycles. The van der Waals surface area contributed by atoms with E-state index in [0.717, 1.165) is 12.3 Å². The molecule has 0 fully saturated rings. The third kappa shape index (κ3) is 2.42. The Kier molecular flexibility index (Phi) is 4.04. The van der Waals surface area contributed by atoms with Crippen LogP contribution in [0.1, 0.15) is 16.0 Å². The van der Waals surface area contributed by atoms with Gasteiger partial charge in [-0.15, -0.1) is 11.3 Å². The highest BCUT2D eigenvalue weighted by atomic mass is 32.1. The molecule has 1 aromatic carbocycles. The SMILES string of the molecule is CNCc1cc(-c2ccc(C)c(C)c2OC)cs1. The second-order valence-electron chi connectivity index (χ2n) is 4.42. The summed E-state index contributed by atoms with van der Waals surface area (Å²) in [6, 6.07) is 6.53. The summed E-state index contributed by atoms with van der Waals surface area (Å²) in [5.41, 5.74) is 4.90. The van der Waals surface area contributed by atoms with Crippen LogP contribution in [0.25, 0.3) is 11.1 Å². The molecule has 0 unspecified atom stereocenters. The van der Waals surface area contributed by atoms with Gasteiger partial charge in [0.05, 0.1) is 7.11 Å². The lowest BCUT2D eigenvalue weighted by Gasteiger charge is -2.12. The molecule has 3 heteroatoms. The molecule has 0 atom stereocenters. The van der Waals surface area contributed by atoms with Crippen LogP contribution in [0.4, 0.5) is 0 Å². The van der Waals surface area contributed by atoms with E-state index < -0.39 is 0 Å². The summed E-state index contributed by atoms with van der Waals surface area (Å²) >= 11 is 1.78. The minimum absolute atomic E-state index is 0.915. The monoisotopic (exact) mass is 261 g/mol. The third-order valence-corrected chi connectivity index (χ3v) is 4.13. The first kappa shape index (κ1) is 13.1. The van der Waals surface area contributed by atoms with Gasteiger partial charge in [-0.1, -0.05) is 12.1 Å². The molecule has 2 aromatic rings. The number of hydrogen-bond donors (Lipinski definition) is 1. The Bertz CT molecular complexity index is 545. The molecule has 96 valence electrons. The quantitative estimate of drug-likeness (QED) is 0.905. The van der Waals surface area contributed by atoms with E-state index in [-0.39, 0.29) is 0 Å². The summed E-state index contributed by atoms with van der Waals surface area (Å²) in [5, 5.41) is 5.37. The van der Waals surface area contributed by atoms with Gasteiger partial charge in [-0.2, -0.15) is 0 Å². The van der Waals surface area contributed by atoms with Crippen LogP contribution in [0.5, 0.6) is 5.75 Å². The predicted molar refractivity (Wildman–Crippen MR) is 78.5 cm³/mol. The lowest BCUT2D eigenvalue weighted by atomic mass is 10.0. The molecule has 1 heterocycles. The van der Waals surface area contributed by atoms with Crippen LogP contribution in [0.15, 0.2) is 23.6 Å². The molecule has 0 bridgehead atoms. The molecule has 1 aromatic heterocycles. The van der Waals surface area contributed by atoms with Gasteiger partial charge in [0.1, 0.15) is 5.75 Å². The van der Waals surface area contributed by atoms with Crippen LogP contribution in [-0.4, -0.2) is 14.2 Å². The number of rotatable bonds is 4. The van der Waals surface area contributed by atoms with Gasteiger partial charge in [-0.25, -0.2) is 0 Å². The topological polar surface area (TPSA) is 21.3 Å². The van der Waals surface area contributed by atoms with Crippen LogP contribution in [0, 0.1) is 13.8 Å². The first-order valence-corrected chi connectivity index (χ1v) is 6.92. The maximum absolute atomic E-state index is 5.57. The van der Waals surface area contributed by atoms with Crippen molar-refractivity contribution >= 4 is 11.3 Å². The number of benzene rings is 1. The lowest BCUT2D eigenvalue weighted by molar-refractivity contribution is 0.413. The molecule has 0 saturated heterocycles. The molecule has 1 N–H and O–H groups in total. The van der Waals surface area contributed by atoms with Gasteiger partial charge in [0, 0.05) is 17.0 Å². The minimum Gasteiger partial charge on any atom is -0.496 e. The zero-order chi connectivity index (χ0) is 13.1. The molecular formula is C15H19NOS. The average Bonchev–Trinajstić information content (AvgIpc) is 2.81. The largest absolute Gasteiger partial charge is 0.496 e. The van der Waals surface area contributed by atoms with E-state index >= 15 is 0 Å². The number of hydrogen-bond acceptors (Lipinski definition) is 3. The number of aryl methyl sites for hydroxylation is 1. The van der Waals surface area contributed by atoms with E-state index in [0.29, 0.717) is 0 Å². The molecule has 0 saturated carbocycles. The van der Waals surface area contributed by atoms with Gasteiger partial charge >= 0.3 is 0 Å². The van der Waals surface area contributed by atoms with Gasteiger partial charge < -0.3 is 10.1 Å². The van der Waals surface area contributed by atoms with Crippen molar-refractivity contribution in [3.8, 4) is 16.9 Å². The highest BCUT2D eigenvalue weighted by molar-refractivity contribution is 7.10. The van der Waals surface area contributed by atoms with Crippen molar-refractivity contribution in [2.75, 3.05) is 14.2 Å². The average molecular weight is 261 g/mol. The highest BCUT2D eigenvalue weighted by Crippen LogP contribution is 2.36. The molecule has 2 rings (SSSR count). The zero-order valence-corrected chi connectivity index (χ0v) is 12.1. The molecule has 0 aliphatic rings. The molecule has 0 aliphatic carbocycles. The van der Waals surface area contributed by atoms with Gasteiger partial charge in [-0.3, -0.25) is 0 Å². The highest BCUT2D eigenvalue weighted by Gasteiger charge is 2.11. The summed E-state index contributed by atoms with van der Waals surface area (Å²) < 4.78 is 5.57. The summed E-state index contributed by atoms with van der Waals surface area (Å²) in [7, 11) is 3.71. The Morgan fingerprint density at radius 1 is 1.28 bits per heavy atom. The normalized spacial score (nSPS) is 10.7. The van der Waals surface area contributed by atoms with Crippen LogP contribution < -0.4 is 10.1 Å². The summed E-state index contributed by atoms with van der Waals surface area (Å²) in [5.74, 6) is 0.990. The van der Waals surface area contributed by atoms with Crippen molar-refractivity contribution in [3.05, 3.63) is 39.6 Å². The number of nitrogens with one attached hydrogen (secondary N) is 1. The maximum atomic E-state index is 5.57. The second-order valence-corrected chi connectivity index (χ2v) is 5.42. The number of ether oxygens (including phenoxy) is 1. The molecule has 0 amide bonds. The second kappa shape index (κ2) is 5.55. The van der Waals surface area contributed by atoms with E-state index in [1.165, 1.54) is 27.1 Å². The fourth-order valence-electron chi connectivity index (χ4n) is 2.07. The fourth-order valence-corrected chi connectivity index (χ4v) is 2.97. The standard InChI is InChI=1S/C15H19NOS/c1-10-5-6-14(15(17-4)11(10)2)12-7-13(8-16-3)18-9-12/h5-7,9,16H,8H2,1-4H3. The van der Waals surface area contributed by atoms with Gasteiger partial charge in [0.25, 0.3) is 0 Å². The van der Waals surface area contributed by atoms with Crippen molar-refractivity contribution in [2.45, 2.75) is 20.4 Å². The summed E-state index contributed by atoms with van der Waals surface area (Å²) in [6.45, 7) is 5.14. The third-order valence-electron chi connectivity index (χ3n) is 3.20. The smallest absolute Gasteiger partial charge is 0.129 e. The van der Waals surface area contributed by atoms with Crippen LogP contribution in [0.2, 0.25) is 0 Å². The van der Waals surface area contributed by atoms with Crippen molar-refractivity contribution < 1.29 is 4.74 Å². The van der Waals surface area contributed by atoms with Gasteiger partial charge in [0.2, 0.25) is 0 Å². The van der Waals surface area contributed by atoms with Crippen LogP contribution in [0.3, 0.4) is 0 Å². The van der Waals surface area contributed by atoms with Crippen molar-refractivity contribution in [2.24, 2.45) is 0 Å². The Hall–Kier alpha value is -1.32. The number of thiophene rings is 1. The van der Waals surface area contributed by atoms with Gasteiger partial charge in [0.15, 0.2) is 0 Å². The molecular weight excluding hydrogens is 242 g/mol. The van der Waals surface area contributed by atoms with E-state index in [4.69, 9.17) is 4.74 Å². The maximum Gasteiger partial charge on any atom is 0.129 e. The first-order valence-electron chi connectivity index (χ1n) is 6.04. The van der Waals surface area contributed by atoms with E-state index in [1.807, 2.05) is 7.05 Å². The van der Waals surface area contributed by atoms with Crippen molar-refractivity contribution in [3.63, 3.8) is 0 Å². The van der Waals surface area contributed by atoms with Crippen LogP contribution in [-0.2, 0) is 6.54 Å². The molecule has 0 spiro atoms. The Morgan fingerprint density at radius 3 is 2.72 bits per heavy atom. The summed E-state index contributed by atoms with van der Waals surface area (Å²) in [6.07, 6.45) is 0. The Balaban J connectivity index is 2.46. The van der Waals surface area contributed by atoms with E-state index in [2.05, 4.69) is 42.7 Å². The first-order chi connectivity index (χ1) is 8.67. The number of methoxy groups -OCH3 is 1. The van der Waals surface area contributed by atoms with Crippen molar-refractivity contribution in [1.82, 2.24) is 5.32 Å². The fraction of sp³-hybridized carbons (Fsp3) is 0.333. The summed E-state index contributed by atoms with van der Waals surface area (Å²) in [4.78, 5) is 1.34. The molecule has 18 heavy (non-hydrogen) atoms. The Labute approximate surface area is 113 Å². The minimum atomic E-state index is 0.915. The van der Waals surface area contributed by atoms with Crippen molar-refractivity contribution in [1.29, 1.82) is 0 Å². The molecule has 0 radical (unpaired) electrons. The van der Waals surface area contributed by atoms with Crippen LogP contribution >= 0.6 is 11.3 Å². The molecule has 2 nitrogen and oxygen atoms in total. The van der Waals surface area contributed by atoms with Gasteiger partial charge in [-0.05, 0) is 49.0 Å². The predicted octanol–water partition coefficient (Wildman–Crippen LogP) is 3.76. The lowest BCUT2D eigenvalue weighted by Crippen LogP contribution is -2.02. The zero-order valence-electron chi connectivity index (χ0n) is 11.3.